The number of allylic oxidation sites excluding steroid dienone is 1. The first kappa shape index (κ1) is 12.0. The zero-order valence-corrected chi connectivity index (χ0v) is 9.05. The van der Waals surface area contributed by atoms with E-state index in [1.54, 1.807) is 6.08 Å². The zero-order chi connectivity index (χ0) is 12.4. The summed E-state index contributed by atoms with van der Waals surface area (Å²) >= 11 is 0. The van der Waals surface area contributed by atoms with Gasteiger partial charge in [-0.2, -0.15) is 0 Å². The van der Waals surface area contributed by atoms with Gasteiger partial charge in [0.1, 0.15) is 23.2 Å². The van der Waals surface area contributed by atoms with Crippen molar-refractivity contribution in [2.45, 2.75) is 18.9 Å². The van der Waals surface area contributed by atoms with Crippen molar-refractivity contribution in [2.24, 2.45) is 5.73 Å². The first-order valence-corrected chi connectivity index (χ1v) is 5.32. The lowest BCUT2D eigenvalue weighted by Crippen LogP contribution is -2.20. The predicted octanol–water partition coefficient (Wildman–Crippen LogP) is 2.80. The Morgan fingerprint density at radius 3 is 2.35 bits per heavy atom. The molecule has 1 aliphatic heterocycles. The Bertz CT molecular complexity index is 436. The Balaban J connectivity index is 2.36. The van der Waals surface area contributed by atoms with E-state index in [4.69, 9.17) is 10.5 Å². The van der Waals surface area contributed by atoms with Crippen molar-refractivity contribution >= 4 is 0 Å². The van der Waals surface area contributed by atoms with Crippen LogP contribution in [0.5, 0.6) is 0 Å². The van der Waals surface area contributed by atoms with Gasteiger partial charge in [-0.05, 0) is 18.9 Å². The van der Waals surface area contributed by atoms with Crippen LogP contribution in [0.4, 0.5) is 13.2 Å². The number of halogens is 3. The van der Waals surface area contributed by atoms with Crippen molar-refractivity contribution in [3.8, 4) is 0 Å². The number of ether oxygens (including phenoxy) is 1. The van der Waals surface area contributed by atoms with Gasteiger partial charge in [-0.25, -0.2) is 13.2 Å². The number of benzene rings is 1. The van der Waals surface area contributed by atoms with Crippen molar-refractivity contribution in [3.63, 3.8) is 0 Å². The minimum absolute atomic E-state index is 0.334. The lowest BCUT2D eigenvalue weighted by Gasteiger charge is -2.21. The second-order valence-corrected chi connectivity index (χ2v) is 3.86. The predicted molar refractivity (Wildman–Crippen MR) is 56.5 cm³/mol. The Hall–Kier alpha value is -1.49. The average molecular weight is 243 g/mol. The molecule has 1 aliphatic rings. The number of hydrogen-bond donors (Lipinski definition) is 1. The molecule has 0 fully saturated rings. The van der Waals surface area contributed by atoms with Crippen LogP contribution in [-0.4, -0.2) is 6.61 Å². The SMILES string of the molecule is NC(C1=CCCCO1)c1c(F)cc(F)cc1F. The van der Waals surface area contributed by atoms with E-state index in [1.807, 2.05) is 0 Å². The maximum atomic E-state index is 13.5. The van der Waals surface area contributed by atoms with Gasteiger partial charge in [-0.3, -0.25) is 0 Å². The molecule has 0 aromatic heterocycles. The van der Waals surface area contributed by atoms with E-state index in [1.165, 1.54) is 0 Å². The molecule has 0 bridgehead atoms. The van der Waals surface area contributed by atoms with Gasteiger partial charge in [0.15, 0.2) is 0 Å². The largest absolute Gasteiger partial charge is 0.496 e. The van der Waals surface area contributed by atoms with Crippen molar-refractivity contribution in [1.82, 2.24) is 0 Å². The van der Waals surface area contributed by atoms with Crippen LogP contribution in [0.15, 0.2) is 24.0 Å². The Labute approximate surface area is 96.9 Å². The second kappa shape index (κ2) is 4.79. The molecule has 1 unspecified atom stereocenters. The third-order valence-electron chi connectivity index (χ3n) is 2.62. The molecule has 0 saturated carbocycles. The molecule has 92 valence electrons. The summed E-state index contributed by atoms with van der Waals surface area (Å²) in [5.74, 6) is -2.62. The summed E-state index contributed by atoms with van der Waals surface area (Å²) in [5.41, 5.74) is 5.36. The second-order valence-electron chi connectivity index (χ2n) is 3.86. The van der Waals surface area contributed by atoms with Gasteiger partial charge >= 0.3 is 0 Å². The maximum absolute atomic E-state index is 13.5. The minimum Gasteiger partial charge on any atom is -0.496 e. The Morgan fingerprint density at radius 1 is 1.18 bits per heavy atom. The molecule has 5 heteroatoms. The quantitative estimate of drug-likeness (QED) is 0.866. The Morgan fingerprint density at radius 2 is 1.82 bits per heavy atom. The summed E-state index contributed by atoms with van der Waals surface area (Å²) in [5, 5.41) is 0. The minimum atomic E-state index is -1.03. The fourth-order valence-corrected chi connectivity index (χ4v) is 1.79. The highest BCUT2D eigenvalue weighted by Crippen LogP contribution is 2.28. The molecule has 2 N–H and O–H groups in total. The van der Waals surface area contributed by atoms with Gasteiger partial charge in [-0.15, -0.1) is 0 Å². The van der Waals surface area contributed by atoms with Gasteiger partial charge in [0.2, 0.25) is 0 Å². The first-order valence-electron chi connectivity index (χ1n) is 5.32. The number of rotatable bonds is 2. The van der Waals surface area contributed by atoms with E-state index in [0.29, 0.717) is 24.5 Å². The van der Waals surface area contributed by atoms with Crippen molar-refractivity contribution in [1.29, 1.82) is 0 Å². The fraction of sp³-hybridized carbons (Fsp3) is 0.333. The first-order chi connectivity index (χ1) is 8.09. The smallest absolute Gasteiger partial charge is 0.134 e. The molecule has 1 atom stereocenters. The van der Waals surface area contributed by atoms with Crippen molar-refractivity contribution in [2.75, 3.05) is 6.61 Å². The van der Waals surface area contributed by atoms with Crippen LogP contribution in [-0.2, 0) is 4.74 Å². The van der Waals surface area contributed by atoms with Crippen LogP contribution in [0.25, 0.3) is 0 Å². The van der Waals surface area contributed by atoms with Crippen LogP contribution in [0.2, 0.25) is 0 Å². The third kappa shape index (κ3) is 2.44. The molecule has 17 heavy (non-hydrogen) atoms. The summed E-state index contributed by atoms with van der Waals surface area (Å²) in [6, 6.07) is 0.194. The van der Waals surface area contributed by atoms with Crippen LogP contribution in [0.3, 0.4) is 0 Å². The van der Waals surface area contributed by atoms with Gasteiger partial charge in [0.25, 0.3) is 0 Å². The average Bonchev–Trinajstić information content (AvgIpc) is 2.28. The summed E-state index contributed by atoms with van der Waals surface area (Å²) in [6.07, 6.45) is 3.31. The standard InChI is InChI=1S/C12H12F3NO/c13-7-5-8(14)11(9(15)6-7)12(16)10-3-1-2-4-17-10/h3,5-6,12H,1-2,4,16H2. The molecule has 1 heterocycles. The topological polar surface area (TPSA) is 35.2 Å². The molecule has 2 rings (SSSR count). The van der Waals surface area contributed by atoms with Crippen LogP contribution in [0.1, 0.15) is 24.4 Å². The molecule has 0 radical (unpaired) electrons. The normalized spacial score (nSPS) is 17.3. The summed E-state index contributed by atoms with van der Waals surface area (Å²) in [4.78, 5) is 0. The van der Waals surface area contributed by atoms with Crippen LogP contribution in [0, 0.1) is 17.5 Å². The lowest BCUT2D eigenvalue weighted by molar-refractivity contribution is 0.174. The summed E-state index contributed by atoms with van der Waals surface area (Å²) in [6.45, 7) is 0.476. The highest BCUT2D eigenvalue weighted by atomic mass is 19.1. The highest BCUT2D eigenvalue weighted by molar-refractivity contribution is 5.29. The van der Waals surface area contributed by atoms with Gasteiger partial charge in [0, 0.05) is 17.7 Å². The summed E-state index contributed by atoms with van der Waals surface area (Å²) < 4.78 is 44.9. The number of hydrogen-bond acceptors (Lipinski definition) is 2. The molecular weight excluding hydrogens is 231 g/mol. The van der Waals surface area contributed by atoms with E-state index in [-0.39, 0.29) is 5.56 Å². The molecule has 2 nitrogen and oxygen atoms in total. The number of nitrogens with two attached hydrogens (primary N) is 1. The molecular formula is C12H12F3NO. The van der Waals surface area contributed by atoms with Crippen molar-refractivity contribution in [3.05, 3.63) is 47.0 Å². The van der Waals surface area contributed by atoms with Crippen LogP contribution < -0.4 is 5.73 Å². The summed E-state index contributed by atoms with van der Waals surface area (Å²) in [7, 11) is 0. The molecule has 1 aromatic rings. The van der Waals surface area contributed by atoms with E-state index in [2.05, 4.69) is 0 Å². The molecule has 0 aliphatic carbocycles. The van der Waals surface area contributed by atoms with E-state index in [0.717, 1.165) is 12.8 Å². The Kier molecular flexibility index (Phi) is 3.38. The lowest BCUT2D eigenvalue weighted by atomic mass is 10.0. The molecule has 0 saturated heterocycles. The van der Waals surface area contributed by atoms with Gasteiger partial charge in [-0.1, -0.05) is 0 Å². The zero-order valence-electron chi connectivity index (χ0n) is 9.05. The molecule has 1 aromatic carbocycles. The van der Waals surface area contributed by atoms with Crippen molar-refractivity contribution < 1.29 is 17.9 Å². The van der Waals surface area contributed by atoms with E-state index in [9.17, 15) is 13.2 Å². The van der Waals surface area contributed by atoms with E-state index >= 15 is 0 Å². The van der Waals surface area contributed by atoms with Gasteiger partial charge in [0.05, 0.1) is 12.6 Å². The van der Waals surface area contributed by atoms with Gasteiger partial charge < -0.3 is 10.5 Å². The molecule has 0 spiro atoms. The van der Waals surface area contributed by atoms with Crippen LogP contribution >= 0.6 is 0 Å². The molecule has 0 amide bonds. The fourth-order valence-electron chi connectivity index (χ4n) is 1.79. The highest BCUT2D eigenvalue weighted by Gasteiger charge is 2.23. The van der Waals surface area contributed by atoms with E-state index < -0.39 is 23.5 Å². The maximum Gasteiger partial charge on any atom is 0.134 e. The monoisotopic (exact) mass is 243 g/mol. The third-order valence-corrected chi connectivity index (χ3v) is 2.62.